The number of ether oxygens (including phenoxy) is 1. The van der Waals surface area contributed by atoms with Gasteiger partial charge in [0.25, 0.3) is 0 Å². The van der Waals surface area contributed by atoms with Gasteiger partial charge in [0.1, 0.15) is 22.6 Å². The smallest absolute Gasteiger partial charge is 0.341 e. The van der Waals surface area contributed by atoms with Crippen molar-refractivity contribution in [2.75, 3.05) is 6.61 Å². The molecule has 2 rings (SSSR count). The molecule has 0 aliphatic carbocycles. The summed E-state index contributed by atoms with van der Waals surface area (Å²) < 4.78 is 4.86. The summed E-state index contributed by atoms with van der Waals surface area (Å²) in [7, 11) is 0. The van der Waals surface area contributed by atoms with Crippen LogP contribution < -0.4 is 0 Å². The number of benzene rings is 2. The Morgan fingerprint density at radius 3 is 2.15 bits per heavy atom. The molecule has 2 aromatic carbocycles. The molecule has 6 nitrogen and oxygen atoms in total. The van der Waals surface area contributed by atoms with Crippen LogP contribution in [0, 0.1) is 0 Å². The van der Waals surface area contributed by atoms with Crippen LogP contribution in [-0.4, -0.2) is 33.9 Å². The number of carboxylic acid groups (broad SMARTS) is 1. The molecule has 140 valence electrons. The van der Waals surface area contributed by atoms with Crippen LogP contribution in [0.4, 0.5) is 0 Å². The number of hydrogen-bond acceptors (Lipinski definition) is 5. The first-order valence-corrected chi connectivity index (χ1v) is 8.41. The van der Waals surface area contributed by atoms with Crippen LogP contribution in [0.5, 0.6) is 11.5 Å². The maximum Gasteiger partial charge on any atom is 0.341 e. The van der Waals surface area contributed by atoms with E-state index >= 15 is 0 Å². The maximum absolute atomic E-state index is 11.2. The fourth-order valence-electron chi connectivity index (χ4n) is 2.15. The van der Waals surface area contributed by atoms with E-state index in [1.807, 2.05) is 13.8 Å². The molecular formula is C20H24O6. The van der Waals surface area contributed by atoms with Crippen LogP contribution in [0.1, 0.15) is 53.0 Å². The zero-order valence-electron chi connectivity index (χ0n) is 14.9. The summed E-state index contributed by atoms with van der Waals surface area (Å²) in [4.78, 5) is 21.9. The number of phenolic OH excluding ortho intramolecular Hbond substituents is 1. The van der Waals surface area contributed by atoms with Gasteiger partial charge in [0.05, 0.1) is 6.61 Å². The van der Waals surface area contributed by atoms with Crippen molar-refractivity contribution < 1.29 is 29.6 Å². The van der Waals surface area contributed by atoms with E-state index in [0.29, 0.717) is 18.6 Å². The van der Waals surface area contributed by atoms with Crippen molar-refractivity contribution in [3.8, 4) is 11.5 Å². The van der Waals surface area contributed by atoms with Crippen molar-refractivity contribution >= 4 is 11.9 Å². The van der Waals surface area contributed by atoms with E-state index in [2.05, 4.69) is 0 Å². The zero-order chi connectivity index (χ0) is 19.5. The highest BCUT2D eigenvalue weighted by atomic mass is 16.5. The molecule has 0 saturated carbocycles. The highest BCUT2D eigenvalue weighted by Gasteiger charge is 2.12. The van der Waals surface area contributed by atoms with E-state index < -0.39 is 11.9 Å². The van der Waals surface area contributed by atoms with E-state index in [4.69, 9.17) is 9.84 Å². The Hall–Kier alpha value is -3.02. The number of carboxylic acids is 1. The summed E-state index contributed by atoms with van der Waals surface area (Å²) in [6, 6.07) is 11.1. The second-order valence-corrected chi connectivity index (χ2v) is 5.52. The Balaban J connectivity index is 0.000000260. The van der Waals surface area contributed by atoms with Crippen molar-refractivity contribution in [1.29, 1.82) is 0 Å². The van der Waals surface area contributed by atoms with Gasteiger partial charge in [-0.25, -0.2) is 9.59 Å². The summed E-state index contributed by atoms with van der Waals surface area (Å²) in [6.45, 7) is 4.28. The third-order valence-electron chi connectivity index (χ3n) is 3.43. The molecule has 0 radical (unpaired) electrons. The lowest BCUT2D eigenvalue weighted by Gasteiger charge is -2.04. The number of para-hydroxylation sites is 2. The number of aromatic hydroxyl groups is 2. The molecule has 0 aliphatic heterocycles. The first-order chi connectivity index (χ1) is 12.4. The number of esters is 1. The lowest BCUT2D eigenvalue weighted by molar-refractivity contribution is 0.0501. The second kappa shape index (κ2) is 10.8. The van der Waals surface area contributed by atoms with E-state index in [1.165, 1.54) is 18.2 Å². The van der Waals surface area contributed by atoms with E-state index in [-0.39, 0.29) is 22.6 Å². The van der Waals surface area contributed by atoms with Gasteiger partial charge < -0.3 is 20.1 Å². The molecule has 26 heavy (non-hydrogen) atoms. The number of phenols is 2. The molecule has 0 aromatic heterocycles. The quantitative estimate of drug-likeness (QED) is 0.673. The Morgan fingerprint density at radius 2 is 1.58 bits per heavy atom. The molecule has 0 heterocycles. The van der Waals surface area contributed by atoms with Gasteiger partial charge in [-0.15, -0.1) is 0 Å². The molecule has 0 bridgehead atoms. The average Bonchev–Trinajstić information content (AvgIpc) is 2.62. The molecule has 3 N–H and O–H groups in total. The van der Waals surface area contributed by atoms with Crippen LogP contribution >= 0.6 is 0 Å². The van der Waals surface area contributed by atoms with Crippen molar-refractivity contribution in [2.45, 2.75) is 33.1 Å². The monoisotopic (exact) mass is 360 g/mol. The van der Waals surface area contributed by atoms with Crippen LogP contribution in [0.2, 0.25) is 0 Å². The van der Waals surface area contributed by atoms with Crippen LogP contribution in [-0.2, 0) is 11.2 Å². The van der Waals surface area contributed by atoms with Gasteiger partial charge in [-0.3, -0.25) is 0 Å². The standard InChI is InChI=1S/2C10H12O3/c1-2-7-13-10(12)8-5-3-4-6-9(8)11;1-2-4-7-5-3-6-8(9(7)11)10(12)13/h3-6,11H,2,7H2,1H3;3,5-6,11H,2,4H2,1H3,(H,12,13). The minimum Gasteiger partial charge on any atom is -0.507 e. The lowest BCUT2D eigenvalue weighted by atomic mass is 10.1. The summed E-state index contributed by atoms with van der Waals surface area (Å²) in [5, 5.41) is 27.5. The van der Waals surface area contributed by atoms with E-state index in [9.17, 15) is 19.8 Å². The minimum atomic E-state index is -1.09. The van der Waals surface area contributed by atoms with Crippen LogP contribution in [0.25, 0.3) is 0 Å². The third kappa shape index (κ3) is 6.12. The van der Waals surface area contributed by atoms with Crippen LogP contribution in [0.15, 0.2) is 42.5 Å². The predicted octanol–water partition coefficient (Wildman–Crippen LogP) is 4.00. The average molecular weight is 360 g/mol. The highest BCUT2D eigenvalue weighted by Crippen LogP contribution is 2.23. The molecule has 0 aliphatic rings. The van der Waals surface area contributed by atoms with Crippen molar-refractivity contribution in [2.24, 2.45) is 0 Å². The lowest BCUT2D eigenvalue weighted by Crippen LogP contribution is -2.05. The summed E-state index contributed by atoms with van der Waals surface area (Å²) in [5.41, 5.74) is 0.893. The summed E-state index contributed by atoms with van der Waals surface area (Å²) in [6.07, 6.45) is 2.36. The first-order valence-electron chi connectivity index (χ1n) is 8.41. The molecule has 0 saturated heterocycles. The minimum absolute atomic E-state index is 0.0223. The second-order valence-electron chi connectivity index (χ2n) is 5.52. The summed E-state index contributed by atoms with van der Waals surface area (Å²) >= 11 is 0. The van der Waals surface area contributed by atoms with Crippen LogP contribution in [0.3, 0.4) is 0 Å². The van der Waals surface area contributed by atoms with E-state index in [1.54, 1.807) is 24.3 Å². The molecule has 0 spiro atoms. The molecule has 0 fully saturated rings. The van der Waals surface area contributed by atoms with Gasteiger partial charge in [0.15, 0.2) is 0 Å². The zero-order valence-corrected chi connectivity index (χ0v) is 14.9. The van der Waals surface area contributed by atoms with Gasteiger partial charge in [-0.05, 0) is 36.6 Å². The summed E-state index contributed by atoms with van der Waals surface area (Å²) in [5.74, 6) is -1.70. The Morgan fingerprint density at radius 1 is 0.923 bits per heavy atom. The third-order valence-corrected chi connectivity index (χ3v) is 3.43. The van der Waals surface area contributed by atoms with Gasteiger partial charge in [-0.1, -0.05) is 44.5 Å². The van der Waals surface area contributed by atoms with Gasteiger partial charge >= 0.3 is 11.9 Å². The van der Waals surface area contributed by atoms with Gasteiger partial charge in [-0.2, -0.15) is 0 Å². The van der Waals surface area contributed by atoms with Crippen molar-refractivity contribution in [1.82, 2.24) is 0 Å². The number of carbonyl (C=O) groups excluding carboxylic acids is 1. The van der Waals surface area contributed by atoms with Gasteiger partial charge in [0.2, 0.25) is 0 Å². The molecular weight excluding hydrogens is 336 g/mol. The van der Waals surface area contributed by atoms with Crippen molar-refractivity contribution in [3.63, 3.8) is 0 Å². The first kappa shape index (κ1) is 21.0. The number of carbonyl (C=O) groups is 2. The fourth-order valence-corrected chi connectivity index (χ4v) is 2.15. The predicted molar refractivity (Wildman–Crippen MR) is 97.7 cm³/mol. The number of hydrogen-bond donors (Lipinski definition) is 3. The highest BCUT2D eigenvalue weighted by molar-refractivity contribution is 5.92. The van der Waals surface area contributed by atoms with Crippen molar-refractivity contribution in [3.05, 3.63) is 59.2 Å². The fraction of sp³-hybridized carbons (Fsp3) is 0.300. The number of aromatic carboxylic acids is 1. The Kier molecular flexibility index (Phi) is 8.70. The topological polar surface area (TPSA) is 104 Å². The molecule has 2 aromatic rings. The largest absolute Gasteiger partial charge is 0.507 e. The number of aryl methyl sites for hydroxylation is 1. The Labute approximate surface area is 152 Å². The number of rotatable bonds is 6. The Bertz CT molecular complexity index is 739. The van der Waals surface area contributed by atoms with E-state index in [0.717, 1.165) is 12.8 Å². The molecule has 0 atom stereocenters. The molecule has 6 heteroatoms. The molecule has 0 amide bonds. The normalized spacial score (nSPS) is 9.77. The van der Waals surface area contributed by atoms with Gasteiger partial charge in [0, 0.05) is 0 Å². The maximum atomic E-state index is 11.2. The SMILES string of the molecule is CCCOC(=O)c1ccccc1O.CCCc1cccc(C(=O)O)c1O. The molecule has 0 unspecified atom stereocenters.